The minimum absolute atomic E-state index is 0.0317. The Bertz CT molecular complexity index is 1140. The van der Waals surface area contributed by atoms with Gasteiger partial charge in [0.1, 0.15) is 5.69 Å². The highest BCUT2D eigenvalue weighted by atomic mass is 16.5. The number of rotatable bonds is 8. The molecule has 2 aromatic carbocycles. The van der Waals surface area contributed by atoms with E-state index in [1.807, 2.05) is 60.4 Å². The number of amides is 1. The van der Waals surface area contributed by atoms with Gasteiger partial charge in [-0.1, -0.05) is 36.4 Å². The number of nitrogens with one attached hydrogen (secondary N) is 1. The Morgan fingerprint density at radius 2 is 1.88 bits per heavy atom. The number of fused-ring (bicyclic) bond motifs is 1. The predicted octanol–water partition coefficient (Wildman–Crippen LogP) is 3.36. The number of morpholine rings is 1. The molecule has 1 saturated heterocycles. The zero-order chi connectivity index (χ0) is 23.5. The van der Waals surface area contributed by atoms with E-state index in [9.17, 15) is 4.79 Å². The van der Waals surface area contributed by atoms with E-state index in [1.165, 1.54) is 0 Å². The first-order valence-electron chi connectivity index (χ1n) is 11.8. The van der Waals surface area contributed by atoms with Crippen LogP contribution in [0.5, 0.6) is 11.5 Å². The van der Waals surface area contributed by atoms with Crippen LogP contribution in [-0.2, 0) is 4.74 Å². The van der Waals surface area contributed by atoms with Crippen molar-refractivity contribution in [2.45, 2.75) is 13.0 Å². The average molecular weight is 463 g/mol. The zero-order valence-electron chi connectivity index (χ0n) is 19.6. The third-order valence-corrected chi connectivity index (χ3v) is 6.48. The summed E-state index contributed by atoms with van der Waals surface area (Å²) in [5.74, 6) is 1.31. The fraction of sp³-hybridized carbons (Fsp3) is 0.385. The van der Waals surface area contributed by atoms with Crippen LogP contribution < -0.4 is 9.47 Å². The number of aromatic nitrogens is 2. The molecule has 8 nitrogen and oxygen atoms in total. The number of hydrogen-bond donors (Lipinski definition) is 1. The quantitative estimate of drug-likeness (QED) is 0.553. The molecule has 1 fully saturated rings. The van der Waals surface area contributed by atoms with Crippen LogP contribution in [0.25, 0.3) is 11.3 Å². The summed E-state index contributed by atoms with van der Waals surface area (Å²) in [7, 11) is 1.64. The van der Waals surface area contributed by atoms with Crippen LogP contribution in [0.4, 0.5) is 0 Å². The van der Waals surface area contributed by atoms with Crippen molar-refractivity contribution in [3.63, 3.8) is 0 Å². The predicted molar refractivity (Wildman–Crippen MR) is 128 cm³/mol. The van der Waals surface area contributed by atoms with Crippen molar-refractivity contribution in [2.75, 3.05) is 53.1 Å². The number of H-pyrrole nitrogens is 1. The van der Waals surface area contributed by atoms with E-state index in [2.05, 4.69) is 15.1 Å². The highest BCUT2D eigenvalue weighted by Gasteiger charge is 2.42. The van der Waals surface area contributed by atoms with E-state index in [4.69, 9.17) is 14.2 Å². The summed E-state index contributed by atoms with van der Waals surface area (Å²) in [4.78, 5) is 17.9. The first kappa shape index (κ1) is 22.4. The molecule has 0 saturated carbocycles. The number of carbonyl (C=O) groups excluding carboxylic acids is 1. The van der Waals surface area contributed by atoms with Gasteiger partial charge in [-0.25, -0.2) is 0 Å². The number of benzene rings is 2. The first-order chi connectivity index (χ1) is 16.7. The Morgan fingerprint density at radius 1 is 1.09 bits per heavy atom. The summed E-state index contributed by atoms with van der Waals surface area (Å²) < 4.78 is 16.8. The minimum Gasteiger partial charge on any atom is -0.493 e. The van der Waals surface area contributed by atoms with Gasteiger partial charge in [-0.05, 0) is 24.6 Å². The van der Waals surface area contributed by atoms with E-state index in [-0.39, 0.29) is 11.9 Å². The van der Waals surface area contributed by atoms with Gasteiger partial charge in [-0.3, -0.25) is 14.8 Å². The Labute approximate surface area is 199 Å². The lowest BCUT2D eigenvalue weighted by Gasteiger charge is -2.31. The summed E-state index contributed by atoms with van der Waals surface area (Å²) in [6, 6.07) is 15.6. The maximum absolute atomic E-state index is 13.6. The highest BCUT2D eigenvalue weighted by Crippen LogP contribution is 2.44. The van der Waals surface area contributed by atoms with Gasteiger partial charge in [0.2, 0.25) is 0 Å². The van der Waals surface area contributed by atoms with E-state index < -0.39 is 0 Å². The molecule has 2 aliphatic heterocycles. The van der Waals surface area contributed by atoms with Crippen molar-refractivity contribution in [2.24, 2.45) is 0 Å². The number of hydrogen-bond acceptors (Lipinski definition) is 6. The maximum Gasteiger partial charge on any atom is 0.273 e. The van der Waals surface area contributed by atoms with Crippen LogP contribution in [0.2, 0.25) is 0 Å². The topological polar surface area (TPSA) is 79.9 Å². The molecule has 0 bridgehead atoms. The molecular formula is C26H30N4O4. The van der Waals surface area contributed by atoms with Gasteiger partial charge in [-0.2, -0.15) is 5.10 Å². The Balaban J connectivity index is 1.55. The standard InChI is InChI=1S/C26H30N4O4/c1-3-34-20-10-9-19(17-21(20)32-2)25-22-23(18-7-5-4-6-8-18)27-28-24(22)26(31)30(25)12-11-29-13-15-33-16-14-29/h4-10,17,25H,3,11-16H2,1-2H3,(H,27,28). The van der Waals surface area contributed by atoms with Crippen molar-refractivity contribution >= 4 is 5.91 Å². The second-order valence-corrected chi connectivity index (χ2v) is 8.43. The van der Waals surface area contributed by atoms with E-state index >= 15 is 0 Å². The van der Waals surface area contributed by atoms with Crippen LogP contribution in [0.3, 0.4) is 0 Å². The molecule has 0 aliphatic carbocycles. The fourth-order valence-corrected chi connectivity index (χ4v) is 4.79. The van der Waals surface area contributed by atoms with Crippen molar-refractivity contribution in [3.05, 3.63) is 65.4 Å². The molecule has 3 heterocycles. The highest BCUT2D eigenvalue weighted by molar-refractivity contribution is 6.00. The lowest BCUT2D eigenvalue weighted by atomic mass is 9.95. The molecule has 8 heteroatoms. The van der Waals surface area contributed by atoms with Crippen LogP contribution >= 0.6 is 0 Å². The molecule has 2 aliphatic rings. The minimum atomic E-state index is -0.276. The summed E-state index contributed by atoms with van der Waals surface area (Å²) in [6.07, 6.45) is 0. The fourth-order valence-electron chi connectivity index (χ4n) is 4.79. The van der Waals surface area contributed by atoms with Crippen LogP contribution in [0.15, 0.2) is 48.5 Å². The van der Waals surface area contributed by atoms with Crippen molar-refractivity contribution < 1.29 is 19.0 Å². The Hall–Kier alpha value is -3.36. The second kappa shape index (κ2) is 9.87. The molecule has 0 spiro atoms. The van der Waals surface area contributed by atoms with E-state index in [0.717, 1.165) is 55.2 Å². The number of methoxy groups -OCH3 is 1. The Morgan fingerprint density at radius 3 is 2.62 bits per heavy atom. The molecule has 1 amide bonds. The lowest BCUT2D eigenvalue weighted by molar-refractivity contribution is 0.0316. The largest absolute Gasteiger partial charge is 0.493 e. The summed E-state index contributed by atoms with van der Waals surface area (Å²) >= 11 is 0. The van der Waals surface area contributed by atoms with E-state index in [0.29, 0.717) is 30.3 Å². The third-order valence-electron chi connectivity index (χ3n) is 6.48. The molecule has 1 atom stereocenters. The van der Waals surface area contributed by atoms with Gasteiger partial charge in [0.15, 0.2) is 11.5 Å². The molecule has 178 valence electrons. The monoisotopic (exact) mass is 462 g/mol. The summed E-state index contributed by atoms with van der Waals surface area (Å²) in [6.45, 7) is 7.11. The molecule has 1 N–H and O–H groups in total. The number of aromatic amines is 1. The molecule has 1 aromatic heterocycles. The van der Waals surface area contributed by atoms with Crippen molar-refractivity contribution in [3.8, 4) is 22.8 Å². The zero-order valence-corrected chi connectivity index (χ0v) is 19.6. The van der Waals surface area contributed by atoms with Gasteiger partial charge < -0.3 is 19.1 Å². The molecular weight excluding hydrogens is 432 g/mol. The van der Waals surface area contributed by atoms with Gasteiger partial charge in [-0.15, -0.1) is 0 Å². The van der Waals surface area contributed by atoms with Crippen LogP contribution in [0.1, 0.15) is 34.6 Å². The molecule has 1 unspecified atom stereocenters. The van der Waals surface area contributed by atoms with Crippen LogP contribution in [0, 0.1) is 0 Å². The lowest BCUT2D eigenvalue weighted by Crippen LogP contribution is -2.42. The smallest absolute Gasteiger partial charge is 0.273 e. The number of ether oxygens (including phenoxy) is 3. The Kier molecular flexibility index (Phi) is 6.51. The molecule has 34 heavy (non-hydrogen) atoms. The molecule has 3 aromatic rings. The average Bonchev–Trinajstić information content (AvgIpc) is 3.43. The number of carbonyl (C=O) groups is 1. The number of nitrogens with zero attached hydrogens (tertiary/aromatic N) is 3. The SMILES string of the molecule is CCOc1ccc(C2c3c(-c4ccccc4)n[nH]c3C(=O)N2CCN2CCOCC2)cc1OC. The summed E-state index contributed by atoms with van der Waals surface area (Å²) in [5, 5.41) is 7.58. The third kappa shape index (κ3) is 4.15. The van der Waals surface area contributed by atoms with Gasteiger partial charge in [0, 0.05) is 37.3 Å². The van der Waals surface area contributed by atoms with Gasteiger partial charge in [0.05, 0.1) is 38.7 Å². The maximum atomic E-state index is 13.6. The summed E-state index contributed by atoms with van der Waals surface area (Å²) in [5.41, 5.74) is 4.21. The van der Waals surface area contributed by atoms with Crippen LogP contribution in [-0.4, -0.2) is 79.0 Å². The molecule has 5 rings (SSSR count). The van der Waals surface area contributed by atoms with Crippen molar-refractivity contribution in [1.82, 2.24) is 20.0 Å². The van der Waals surface area contributed by atoms with Gasteiger partial charge >= 0.3 is 0 Å². The van der Waals surface area contributed by atoms with Crippen molar-refractivity contribution in [1.29, 1.82) is 0 Å². The molecule has 0 radical (unpaired) electrons. The second-order valence-electron chi connectivity index (χ2n) is 8.43. The normalized spacial score (nSPS) is 18.2. The van der Waals surface area contributed by atoms with Gasteiger partial charge in [0.25, 0.3) is 5.91 Å². The van der Waals surface area contributed by atoms with E-state index in [1.54, 1.807) is 7.11 Å². The first-order valence-corrected chi connectivity index (χ1v) is 11.8.